The highest BCUT2D eigenvalue weighted by atomic mass is 16.7. The molecule has 1 heterocycles. The van der Waals surface area contributed by atoms with Crippen LogP contribution >= 0.6 is 0 Å². The second kappa shape index (κ2) is 8.01. The number of methoxy groups -OCH3 is 1. The summed E-state index contributed by atoms with van der Waals surface area (Å²) in [6.07, 6.45) is 2.65. The first kappa shape index (κ1) is 13.9. The maximum Gasteiger partial charge on any atom is 0.170 e. The van der Waals surface area contributed by atoms with Crippen LogP contribution in [0.5, 0.6) is 0 Å². The molecular weight excluding hydrogens is 206 g/mol. The van der Waals surface area contributed by atoms with Crippen molar-refractivity contribution in [2.75, 3.05) is 40.0 Å². The predicted molar refractivity (Wildman–Crippen MR) is 63.5 cm³/mol. The van der Waals surface area contributed by atoms with Gasteiger partial charge >= 0.3 is 0 Å². The fraction of sp³-hybridized carbons (Fsp3) is 1.00. The van der Waals surface area contributed by atoms with E-state index >= 15 is 0 Å². The molecule has 0 aromatic carbocycles. The summed E-state index contributed by atoms with van der Waals surface area (Å²) in [4.78, 5) is 2.37. The van der Waals surface area contributed by atoms with Crippen molar-refractivity contribution < 1.29 is 14.2 Å². The summed E-state index contributed by atoms with van der Waals surface area (Å²) >= 11 is 0. The average molecular weight is 231 g/mol. The maximum atomic E-state index is 5.55. The Balaban J connectivity index is 2.31. The van der Waals surface area contributed by atoms with Gasteiger partial charge in [-0.15, -0.1) is 0 Å². The van der Waals surface area contributed by atoms with Crippen molar-refractivity contribution in [3.8, 4) is 0 Å². The minimum Gasteiger partial charge on any atom is -0.380 e. The Hall–Kier alpha value is -0.160. The van der Waals surface area contributed by atoms with Gasteiger partial charge < -0.3 is 14.2 Å². The maximum absolute atomic E-state index is 5.55. The summed E-state index contributed by atoms with van der Waals surface area (Å²) in [7, 11) is 1.79. The highest BCUT2D eigenvalue weighted by molar-refractivity contribution is 4.73. The lowest BCUT2D eigenvalue weighted by Crippen LogP contribution is -2.44. The van der Waals surface area contributed by atoms with Gasteiger partial charge in [0.15, 0.2) is 6.29 Å². The highest BCUT2D eigenvalue weighted by Crippen LogP contribution is 2.13. The molecule has 0 amide bonds. The molecule has 0 radical (unpaired) electrons. The Kier molecular flexibility index (Phi) is 6.96. The number of nitrogens with zero attached hydrogens (tertiary/aromatic N) is 1. The van der Waals surface area contributed by atoms with Crippen LogP contribution in [-0.4, -0.2) is 57.3 Å². The van der Waals surface area contributed by atoms with E-state index in [9.17, 15) is 0 Å². The predicted octanol–water partition coefficient (Wildman–Crippen LogP) is 1.50. The molecule has 1 atom stereocenters. The number of rotatable bonds is 7. The first-order valence-electron chi connectivity index (χ1n) is 6.28. The fourth-order valence-corrected chi connectivity index (χ4v) is 2.11. The van der Waals surface area contributed by atoms with E-state index < -0.39 is 0 Å². The van der Waals surface area contributed by atoms with Crippen LogP contribution in [0.1, 0.15) is 26.7 Å². The molecular formula is C12H25NO3. The SMILES string of the molecule is CCOC(CN1CCCC(OC)C1)OCC. The summed E-state index contributed by atoms with van der Waals surface area (Å²) in [5, 5.41) is 0. The first-order chi connectivity index (χ1) is 7.80. The molecule has 1 aliphatic rings. The number of hydrogen-bond donors (Lipinski definition) is 0. The summed E-state index contributed by atoms with van der Waals surface area (Å²) in [6, 6.07) is 0. The second-order valence-corrected chi connectivity index (χ2v) is 4.10. The summed E-state index contributed by atoms with van der Waals surface area (Å²) < 4.78 is 16.5. The Bertz CT molecular complexity index is 172. The normalized spacial score (nSPS) is 22.9. The molecule has 0 spiro atoms. The van der Waals surface area contributed by atoms with Crippen LogP contribution in [0.4, 0.5) is 0 Å². The summed E-state index contributed by atoms with van der Waals surface area (Å²) in [5.74, 6) is 0. The number of piperidine rings is 1. The second-order valence-electron chi connectivity index (χ2n) is 4.10. The van der Waals surface area contributed by atoms with E-state index in [0.29, 0.717) is 19.3 Å². The van der Waals surface area contributed by atoms with Gasteiger partial charge in [-0.3, -0.25) is 4.90 Å². The van der Waals surface area contributed by atoms with Crippen LogP contribution in [0, 0.1) is 0 Å². The van der Waals surface area contributed by atoms with E-state index in [-0.39, 0.29) is 6.29 Å². The molecule has 0 saturated carbocycles. The van der Waals surface area contributed by atoms with Gasteiger partial charge in [-0.25, -0.2) is 0 Å². The quantitative estimate of drug-likeness (QED) is 0.621. The smallest absolute Gasteiger partial charge is 0.170 e. The standard InChI is InChI=1S/C12H25NO3/c1-4-15-12(16-5-2)10-13-8-6-7-11(9-13)14-3/h11-12H,4-10H2,1-3H3. The zero-order valence-electron chi connectivity index (χ0n) is 10.8. The van der Waals surface area contributed by atoms with Crippen LogP contribution < -0.4 is 0 Å². The lowest BCUT2D eigenvalue weighted by Gasteiger charge is -2.33. The molecule has 16 heavy (non-hydrogen) atoms. The molecule has 0 bridgehead atoms. The van der Waals surface area contributed by atoms with Gasteiger partial charge in [-0.1, -0.05) is 0 Å². The molecule has 4 nitrogen and oxygen atoms in total. The Morgan fingerprint density at radius 1 is 1.25 bits per heavy atom. The van der Waals surface area contributed by atoms with E-state index in [1.807, 2.05) is 13.8 Å². The zero-order valence-corrected chi connectivity index (χ0v) is 10.8. The first-order valence-corrected chi connectivity index (χ1v) is 6.28. The van der Waals surface area contributed by atoms with Gasteiger partial charge in [-0.2, -0.15) is 0 Å². The molecule has 1 rings (SSSR count). The summed E-state index contributed by atoms with van der Waals surface area (Å²) in [5.41, 5.74) is 0. The molecule has 1 aliphatic heterocycles. The molecule has 0 N–H and O–H groups in total. The largest absolute Gasteiger partial charge is 0.380 e. The minimum atomic E-state index is -0.0920. The molecule has 4 heteroatoms. The fourth-order valence-electron chi connectivity index (χ4n) is 2.11. The average Bonchev–Trinajstić information content (AvgIpc) is 2.30. The minimum absolute atomic E-state index is 0.0920. The van der Waals surface area contributed by atoms with Crippen molar-refractivity contribution in [3.63, 3.8) is 0 Å². The van der Waals surface area contributed by atoms with Crippen molar-refractivity contribution in [1.82, 2.24) is 4.90 Å². The van der Waals surface area contributed by atoms with Crippen LogP contribution in [0.2, 0.25) is 0 Å². The molecule has 1 fully saturated rings. The number of likely N-dealkylation sites (tertiary alicyclic amines) is 1. The van der Waals surface area contributed by atoms with Gasteiger partial charge in [0.1, 0.15) is 0 Å². The Morgan fingerprint density at radius 2 is 1.94 bits per heavy atom. The topological polar surface area (TPSA) is 30.9 Å². The lowest BCUT2D eigenvalue weighted by molar-refractivity contribution is -0.151. The van der Waals surface area contributed by atoms with Crippen molar-refractivity contribution in [3.05, 3.63) is 0 Å². The van der Waals surface area contributed by atoms with E-state index in [1.54, 1.807) is 7.11 Å². The van der Waals surface area contributed by atoms with Gasteiger partial charge in [0.25, 0.3) is 0 Å². The van der Waals surface area contributed by atoms with Gasteiger partial charge in [0.05, 0.1) is 6.10 Å². The Morgan fingerprint density at radius 3 is 2.50 bits per heavy atom. The van der Waals surface area contributed by atoms with Crippen molar-refractivity contribution in [2.45, 2.75) is 39.1 Å². The van der Waals surface area contributed by atoms with Crippen molar-refractivity contribution in [1.29, 1.82) is 0 Å². The third-order valence-corrected chi connectivity index (χ3v) is 2.91. The Labute approximate surface area is 98.8 Å². The van der Waals surface area contributed by atoms with E-state index in [2.05, 4.69) is 4.90 Å². The van der Waals surface area contributed by atoms with Gasteiger partial charge in [0, 0.05) is 33.4 Å². The molecule has 0 aromatic rings. The van der Waals surface area contributed by atoms with Crippen LogP contribution in [0.25, 0.3) is 0 Å². The summed E-state index contributed by atoms with van der Waals surface area (Å²) in [6.45, 7) is 8.37. The molecule has 96 valence electrons. The number of ether oxygens (including phenoxy) is 3. The van der Waals surface area contributed by atoms with Crippen LogP contribution in [-0.2, 0) is 14.2 Å². The molecule has 1 unspecified atom stereocenters. The van der Waals surface area contributed by atoms with Crippen LogP contribution in [0.3, 0.4) is 0 Å². The van der Waals surface area contributed by atoms with Crippen LogP contribution in [0.15, 0.2) is 0 Å². The third kappa shape index (κ3) is 4.78. The molecule has 1 saturated heterocycles. The van der Waals surface area contributed by atoms with Gasteiger partial charge in [0.2, 0.25) is 0 Å². The van der Waals surface area contributed by atoms with E-state index in [4.69, 9.17) is 14.2 Å². The van der Waals surface area contributed by atoms with Crippen molar-refractivity contribution in [2.24, 2.45) is 0 Å². The van der Waals surface area contributed by atoms with Crippen molar-refractivity contribution >= 4 is 0 Å². The monoisotopic (exact) mass is 231 g/mol. The lowest BCUT2D eigenvalue weighted by atomic mass is 10.1. The molecule has 0 aromatic heterocycles. The molecule has 0 aliphatic carbocycles. The highest BCUT2D eigenvalue weighted by Gasteiger charge is 2.22. The third-order valence-electron chi connectivity index (χ3n) is 2.91. The van der Waals surface area contributed by atoms with Gasteiger partial charge in [-0.05, 0) is 33.2 Å². The van der Waals surface area contributed by atoms with E-state index in [1.165, 1.54) is 12.8 Å². The zero-order chi connectivity index (χ0) is 11.8. The number of hydrogen-bond acceptors (Lipinski definition) is 4. The van der Waals surface area contributed by atoms with E-state index in [0.717, 1.165) is 19.6 Å².